The van der Waals surface area contributed by atoms with E-state index in [1.807, 2.05) is 32.0 Å². The van der Waals surface area contributed by atoms with Gasteiger partial charge in [0.1, 0.15) is 11.6 Å². The molecule has 21 heavy (non-hydrogen) atoms. The van der Waals surface area contributed by atoms with Gasteiger partial charge < -0.3 is 5.32 Å². The van der Waals surface area contributed by atoms with Gasteiger partial charge in [-0.3, -0.25) is 0 Å². The Labute approximate surface area is 140 Å². The van der Waals surface area contributed by atoms with Gasteiger partial charge in [-0.05, 0) is 64.8 Å². The zero-order chi connectivity index (χ0) is 15.6. The minimum atomic E-state index is -0.569. The summed E-state index contributed by atoms with van der Waals surface area (Å²) in [5, 5.41) is 3.17. The number of halogens is 4. The highest BCUT2D eigenvalue weighted by Crippen LogP contribution is 2.33. The van der Waals surface area contributed by atoms with Gasteiger partial charge in [-0.2, -0.15) is 0 Å². The van der Waals surface area contributed by atoms with Gasteiger partial charge in [0.25, 0.3) is 0 Å². The van der Waals surface area contributed by atoms with E-state index in [0.29, 0.717) is 6.54 Å². The predicted octanol–water partition coefficient (Wildman–Crippen LogP) is 5.50. The molecule has 0 heterocycles. The second kappa shape index (κ2) is 6.99. The Bertz CT molecular complexity index is 659. The monoisotopic (exact) mass is 417 g/mol. The van der Waals surface area contributed by atoms with Gasteiger partial charge >= 0.3 is 0 Å². The maximum absolute atomic E-state index is 14.4. The van der Waals surface area contributed by atoms with E-state index in [0.717, 1.165) is 15.6 Å². The molecule has 0 amide bonds. The van der Waals surface area contributed by atoms with Gasteiger partial charge in [-0.1, -0.05) is 28.9 Å². The van der Waals surface area contributed by atoms with Gasteiger partial charge in [0.05, 0.1) is 10.5 Å². The predicted molar refractivity (Wildman–Crippen MR) is 88.5 cm³/mol. The first-order valence-corrected chi connectivity index (χ1v) is 8.17. The Balaban J connectivity index is 2.64. The van der Waals surface area contributed by atoms with Crippen LogP contribution < -0.4 is 5.32 Å². The highest BCUT2D eigenvalue weighted by molar-refractivity contribution is 9.10. The molecule has 0 aliphatic heterocycles. The lowest BCUT2D eigenvalue weighted by Gasteiger charge is -2.22. The SMILES string of the molecule is CCNC(c1cc(Br)ccc1C)c1c(F)ccc(Br)c1F. The first-order valence-electron chi connectivity index (χ1n) is 6.58. The highest BCUT2D eigenvalue weighted by atomic mass is 79.9. The van der Waals surface area contributed by atoms with E-state index < -0.39 is 17.7 Å². The molecule has 0 fully saturated rings. The Morgan fingerprint density at radius 1 is 1.14 bits per heavy atom. The fraction of sp³-hybridized carbons (Fsp3) is 0.250. The summed E-state index contributed by atoms with van der Waals surface area (Å²) >= 11 is 6.54. The van der Waals surface area contributed by atoms with Crippen molar-refractivity contribution in [1.82, 2.24) is 5.32 Å². The fourth-order valence-electron chi connectivity index (χ4n) is 2.30. The summed E-state index contributed by atoms with van der Waals surface area (Å²) in [6, 6.07) is 7.85. The van der Waals surface area contributed by atoms with Gasteiger partial charge in [0.15, 0.2) is 0 Å². The summed E-state index contributed by atoms with van der Waals surface area (Å²) < 4.78 is 29.8. The number of rotatable bonds is 4. The summed E-state index contributed by atoms with van der Waals surface area (Å²) in [7, 11) is 0. The molecule has 1 N–H and O–H groups in total. The standard InChI is InChI=1S/C16H15Br2F2N/c1-3-21-16(11-8-10(17)5-4-9(11)2)14-13(19)7-6-12(18)15(14)20/h4-8,16,21H,3H2,1-2H3. The topological polar surface area (TPSA) is 12.0 Å². The second-order valence-electron chi connectivity index (χ2n) is 4.75. The molecule has 0 bridgehead atoms. The van der Waals surface area contributed by atoms with Gasteiger partial charge in [0, 0.05) is 10.0 Å². The third-order valence-corrected chi connectivity index (χ3v) is 4.43. The molecule has 0 aliphatic carbocycles. The average molecular weight is 419 g/mol. The van der Waals surface area contributed by atoms with Crippen molar-refractivity contribution in [2.45, 2.75) is 19.9 Å². The van der Waals surface area contributed by atoms with Crippen molar-refractivity contribution in [3.05, 3.63) is 67.6 Å². The second-order valence-corrected chi connectivity index (χ2v) is 6.52. The van der Waals surface area contributed by atoms with Gasteiger partial charge in [-0.15, -0.1) is 0 Å². The van der Waals surface area contributed by atoms with Crippen LogP contribution >= 0.6 is 31.9 Å². The molecule has 2 rings (SSSR count). The molecule has 0 saturated heterocycles. The maximum atomic E-state index is 14.4. The molecule has 1 atom stereocenters. The minimum Gasteiger partial charge on any atom is -0.306 e. The van der Waals surface area contributed by atoms with Gasteiger partial charge in [0.2, 0.25) is 0 Å². The quantitative estimate of drug-likeness (QED) is 0.646. The van der Waals surface area contributed by atoms with Crippen molar-refractivity contribution < 1.29 is 8.78 Å². The maximum Gasteiger partial charge on any atom is 0.145 e. The highest BCUT2D eigenvalue weighted by Gasteiger charge is 2.24. The Morgan fingerprint density at radius 3 is 2.52 bits per heavy atom. The van der Waals surface area contributed by atoms with E-state index in [2.05, 4.69) is 37.2 Å². The third kappa shape index (κ3) is 3.52. The summed E-state index contributed by atoms with van der Waals surface area (Å²) in [6.45, 7) is 4.44. The molecular formula is C16H15Br2F2N. The first kappa shape index (κ1) is 16.6. The summed E-state index contributed by atoms with van der Waals surface area (Å²) in [4.78, 5) is 0. The first-order chi connectivity index (χ1) is 9.95. The summed E-state index contributed by atoms with van der Waals surface area (Å²) in [5.74, 6) is -1.12. The van der Waals surface area contributed by atoms with Crippen LogP contribution in [-0.4, -0.2) is 6.54 Å². The van der Waals surface area contributed by atoms with E-state index in [1.165, 1.54) is 12.1 Å². The normalized spacial score (nSPS) is 12.5. The van der Waals surface area contributed by atoms with E-state index in [4.69, 9.17) is 0 Å². The Kier molecular flexibility index (Phi) is 5.52. The number of hydrogen-bond acceptors (Lipinski definition) is 1. The third-order valence-electron chi connectivity index (χ3n) is 3.33. The van der Waals surface area contributed by atoms with Crippen LogP contribution in [-0.2, 0) is 0 Å². The van der Waals surface area contributed by atoms with Crippen LogP contribution in [0.25, 0.3) is 0 Å². The molecule has 2 aromatic carbocycles. The van der Waals surface area contributed by atoms with Crippen LogP contribution in [0.1, 0.15) is 29.7 Å². The zero-order valence-corrected chi connectivity index (χ0v) is 14.9. The Hall–Kier alpha value is -0.780. The minimum absolute atomic E-state index is 0.0347. The van der Waals surface area contributed by atoms with Gasteiger partial charge in [-0.25, -0.2) is 8.78 Å². The molecule has 0 aliphatic rings. The van der Waals surface area contributed by atoms with Crippen LogP contribution in [0.4, 0.5) is 8.78 Å². The number of nitrogens with one attached hydrogen (secondary N) is 1. The van der Waals surface area contributed by atoms with Crippen molar-refractivity contribution in [2.75, 3.05) is 6.54 Å². The van der Waals surface area contributed by atoms with Crippen molar-refractivity contribution in [1.29, 1.82) is 0 Å². The van der Waals surface area contributed by atoms with Crippen LogP contribution in [0.3, 0.4) is 0 Å². The molecule has 5 heteroatoms. The number of benzene rings is 2. The molecule has 0 spiro atoms. The lowest BCUT2D eigenvalue weighted by atomic mass is 9.94. The average Bonchev–Trinajstić information content (AvgIpc) is 2.45. The molecule has 2 aromatic rings. The van der Waals surface area contributed by atoms with Crippen LogP contribution in [0.2, 0.25) is 0 Å². The molecule has 0 saturated carbocycles. The largest absolute Gasteiger partial charge is 0.306 e. The van der Waals surface area contributed by atoms with Crippen LogP contribution in [0, 0.1) is 18.6 Å². The number of aryl methyl sites for hydroxylation is 1. The lowest BCUT2D eigenvalue weighted by molar-refractivity contribution is 0.506. The van der Waals surface area contributed by atoms with E-state index in [-0.39, 0.29) is 10.0 Å². The van der Waals surface area contributed by atoms with Crippen molar-refractivity contribution >= 4 is 31.9 Å². The van der Waals surface area contributed by atoms with E-state index in [1.54, 1.807) is 0 Å². The molecule has 1 unspecified atom stereocenters. The van der Waals surface area contributed by atoms with Crippen molar-refractivity contribution in [3.8, 4) is 0 Å². The molecule has 112 valence electrons. The van der Waals surface area contributed by atoms with Crippen molar-refractivity contribution in [2.24, 2.45) is 0 Å². The van der Waals surface area contributed by atoms with Crippen molar-refractivity contribution in [3.63, 3.8) is 0 Å². The molecular weight excluding hydrogens is 404 g/mol. The molecule has 0 radical (unpaired) electrons. The summed E-state index contributed by atoms with van der Waals surface area (Å²) in [6.07, 6.45) is 0. The number of hydrogen-bond donors (Lipinski definition) is 1. The lowest BCUT2D eigenvalue weighted by Crippen LogP contribution is -2.25. The van der Waals surface area contributed by atoms with Crippen LogP contribution in [0.5, 0.6) is 0 Å². The summed E-state index contributed by atoms with van der Waals surface area (Å²) in [5.41, 5.74) is 1.86. The molecule has 0 aromatic heterocycles. The fourth-order valence-corrected chi connectivity index (χ4v) is 3.03. The van der Waals surface area contributed by atoms with E-state index >= 15 is 0 Å². The molecule has 1 nitrogen and oxygen atoms in total. The Morgan fingerprint density at radius 2 is 1.86 bits per heavy atom. The van der Waals surface area contributed by atoms with E-state index in [9.17, 15) is 8.78 Å². The van der Waals surface area contributed by atoms with Crippen LogP contribution in [0.15, 0.2) is 39.3 Å². The zero-order valence-electron chi connectivity index (χ0n) is 11.7. The smallest absolute Gasteiger partial charge is 0.145 e.